The van der Waals surface area contributed by atoms with Crippen LogP contribution in [0.4, 0.5) is 5.13 Å². The molecule has 31 heavy (non-hydrogen) atoms. The summed E-state index contributed by atoms with van der Waals surface area (Å²) in [6.45, 7) is 0.304. The maximum absolute atomic E-state index is 12.3. The number of nitriles is 1. The van der Waals surface area contributed by atoms with Crippen molar-refractivity contribution in [1.29, 1.82) is 5.26 Å². The second kappa shape index (κ2) is 9.70. The number of carbonyl (C=O) groups excluding carboxylic acids is 1. The quantitative estimate of drug-likeness (QED) is 0.314. The first-order valence-corrected chi connectivity index (χ1v) is 11.8. The van der Waals surface area contributed by atoms with Crippen molar-refractivity contribution >= 4 is 49.9 Å². The number of aromatic nitrogens is 2. The standard InChI is InChI=1S/C20H15ClN4O4S2/c1-31(27,28)20-25-24-19(30-20)23-18(26)15(11-22)10-13-6-8-16(9-7-13)29-12-14-4-2-3-5-17(14)21/h2-10H,12H2,1H3,(H,23,24,26)/b15-10-. The molecule has 0 saturated carbocycles. The molecule has 1 heterocycles. The van der Waals surface area contributed by atoms with Gasteiger partial charge in [0.1, 0.15) is 24.0 Å². The van der Waals surface area contributed by atoms with E-state index in [-0.39, 0.29) is 15.0 Å². The van der Waals surface area contributed by atoms with Gasteiger partial charge >= 0.3 is 0 Å². The summed E-state index contributed by atoms with van der Waals surface area (Å²) in [6.07, 6.45) is 2.38. The highest BCUT2D eigenvalue weighted by molar-refractivity contribution is 7.92. The van der Waals surface area contributed by atoms with Gasteiger partial charge in [-0.2, -0.15) is 5.26 Å². The Balaban J connectivity index is 1.66. The molecular weight excluding hydrogens is 460 g/mol. The van der Waals surface area contributed by atoms with Gasteiger partial charge in [0.2, 0.25) is 19.3 Å². The first-order valence-electron chi connectivity index (χ1n) is 8.69. The molecular formula is C20H15ClN4O4S2. The molecule has 3 rings (SSSR count). The van der Waals surface area contributed by atoms with Crippen LogP contribution in [-0.2, 0) is 21.2 Å². The number of benzene rings is 2. The van der Waals surface area contributed by atoms with E-state index in [0.29, 0.717) is 34.3 Å². The molecule has 158 valence electrons. The van der Waals surface area contributed by atoms with Crippen molar-refractivity contribution in [2.24, 2.45) is 0 Å². The number of ether oxygens (including phenoxy) is 1. The lowest BCUT2D eigenvalue weighted by Crippen LogP contribution is -2.13. The van der Waals surface area contributed by atoms with Gasteiger partial charge in [-0.1, -0.05) is 53.3 Å². The average molecular weight is 475 g/mol. The lowest BCUT2D eigenvalue weighted by Gasteiger charge is -2.08. The van der Waals surface area contributed by atoms with E-state index < -0.39 is 15.7 Å². The zero-order valence-electron chi connectivity index (χ0n) is 16.1. The molecule has 0 radical (unpaired) electrons. The number of carbonyl (C=O) groups is 1. The Hall–Kier alpha value is -3.26. The lowest BCUT2D eigenvalue weighted by atomic mass is 10.1. The molecule has 0 spiro atoms. The molecule has 8 nitrogen and oxygen atoms in total. The molecule has 0 aliphatic heterocycles. The average Bonchev–Trinajstić information content (AvgIpc) is 3.21. The summed E-state index contributed by atoms with van der Waals surface area (Å²) in [5.74, 6) is -0.125. The van der Waals surface area contributed by atoms with Gasteiger partial charge in [-0.25, -0.2) is 8.42 Å². The SMILES string of the molecule is CS(=O)(=O)c1nnc(NC(=O)/C(C#N)=C\c2ccc(OCc3ccccc3Cl)cc2)s1. The summed E-state index contributed by atoms with van der Waals surface area (Å²) in [5, 5.41) is 19.4. The molecule has 0 fully saturated rings. The Labute approximate surface area is 187 Å². The molecule has 0 saturated heterocycles. The summed E-state index contributed by atoms with van der Waals surface area (Å²) in [4.78, 5) is 12.3. The van der Waals surface area contributed by atoms with Gasteiger partial charge < -0.3 is 4.74 Å². The van der Waals surface area contributed by atoms with Crippen LogP contribution in [-0.4, -0.2) is 30.8 Å². The fraction of sp³-hybridized carbons (Fsp3) is 0.100. The summed E-state index contributed by atoms with van der Waals surface area (Å²) in [6, 6.07) is 16.0. The van der Waals surface area contributed by atoms with Crippen LogP contribution >= 0.6 is 22.9 Å². The zero-order chi connectivity index (χ0) is 22.4. The van der Waals surface area contributed by atoms with Crippen molar-refractivity contribution in [3.8, 4) is 11.8 Å². The molecule has 1 N–H and O–H groups in total. The van der Waals surface area contributed by atoms with Crippen LogP contribution in [0.1, 0.15) is 11.1 Å². The molecule has 0 atom stereocenters. The molecule has 0 aliphatic rings. The Morgan fingerprint density at radius 1 is 1.23 bits per heavy atom. The smallest absolute Gasteiger partial charge is 0.268 e. The van der Waals surface area contributed by atoms with Gasteiger partial charge in [0, 0.05) is 16.8 Å². The Morgan fingerprint density at radius 2 is 1.94 bits per heavy atom. The number of hydrogen-bond donors (Lipinski definition) is 1. The number of halogens is 1. The van der Waals surface area contributed by atoms with E-state index in [1.165, 1.54) is 6.08 Å². The maximum atomic E-state index is 12.3. The molecule has 1 aromatic heterocycles. The minimum Gasteiger partial charge on any atom is -0.489 e. The zero-order valence-corrected chi connectivity index (χ0v) is 18.5. The lowest BCUT2D eigenvalue weighted by molar-refractivity contribution is -0.112. The van der Waals surface area contributed by atoms with Crippen LogP contribution in [0.3, 0.4) is 0 Å². The number of sulfone groups is 1. The minimum absolute atomic E-state index is 0.0186. The van der Waals surface area contributed by atoms with E-state index in [9.17, 15) is 18.5 Å². The van der Waals surface area contributed by atoms with E-state index in [1.54, 1.807) is 30.3 Å². The van der Waals surface area contributed by atoms with E-state index in [1.807, 2.05) is 24.3 Å². The van der Waals surface area contributed by atoms with Crippen LogP contribution < -0.4 is 10.1 Å². The van der Waals surface area contributed by atoms with Gasteiger partial charge in [-0.05, 0) is 29.8 Å². The highest BCUT2D eigenvalue weighted by Gasteiger charge is 2.17. The first kappa shape index (κ1) is 22.4. The van der Waals surface area contributed by atoms with Gasteiger partial charge in [0.05, 0.1) is 0 Å². The van der Waals surface area contributed by atoms with Crippen LogP contribution in [0.25, 0.3) is 6.08 Å². The number of nitrogens with one attached hydrogen (secondary N) is 1. The molecule has 0 bridgehead atoms. The molecule has 3 aromatic rings. The first-order chi connectivity index (χ1) is 14.8. The number of amides is 1. The number of anilines is 1. The molecule has 11 heteroatoms. The second-order valence-corrected chi connectivity index (χ2v) is 9.79. The van der Waals surface area contributed by atoms with Crippen LogP contribution in [0, 0.1) is 11.3 Å². The summed E-state index contributed by atoms with van der Waals surface area (Å²) in [5.41, 5.74) is 1.28. The van der Waals surface area contributed by atoms with Gasteiger partial charge in [-0.3, -0.25) is 10.1 Å². The number of rotatable bonds is 7. The Kier molecular flexibility index (Phi) is 7.02. The predicted octanol–water partition coefficient (Wildman–Crippen LogP) is 3.72. The third-order valence-electron chi connectivity index (χ3n) is 3.85. The fourth-order valence-electron chi connectivity index (χ4n) is 2.33. The largest absolute Gasteiger partial charge is 0.489 e. The highest BCUT2D eigenvalue weighted by Crippen LogP contribution is 2.22. The summed E-state index contributed by atoms with van der Waals surface area (Å²) >= 11 is 6.81. The van der Waals surface area contributed by atoms with Crippen molar-refractivity contribution in [1.82, 2.24) is 10.2 Å². The van der Waals surface area contributed by atoms with E-state index in [2.05, 4.69) is 15.5 Å². The van der Waals surface area contributed by atoms with Crippen molar-refractivity contribution in [2.45, 2.75) is 10.9 Å². The topological polar surface area (TPSA) is 122 Å². The number of nitrogens with zero attached hydrogens (tertiary/aromatic N) is 3. The highest BCUT2D eigenvalue weighted by atomic mass is 35.5. The Bertz CT molecular complexity index is 1280. The second-order valence-electron chi connectivity index (χ2n) is 6.22. The van der Waals surface area contributed by atoms with Crippen LogP contribution in [0.15, 0.2) is 58.4 Å². The van der Waals surface area contributed by atoms with Crippen molar-refractivity contribution in [3.63, 3.8) is 0 Å². The summed E-state index contributed by atoms with van der Waals surface area (Å²) in [7, 11) is -3.53. The predicted molar refractivity (Wildman–Crippen MR) is 117 cm³/mol. The van der Waals surface area contributed by atoms with Crippen molar-refractivity contribution in [3.05, 3.63) is 70.3 Å². The van der Waals surface area contributed by atoms with Gasteiger partial charge in [-0.15, -0.1) is 10.2 Å². The Morgan fingerprint density at radius 3 is 2.55 bits per heavy atom. The normalized spacial score (nSPS) is 11.6. The van der Waals surface area contributed by atoms with Crippen LogP contribution in [0.5, 0.6) is 5.75 Å². The number of hydrogen-bond acceptors (Lipinski definition) is 8. The van der Waals surface area contributed by atoms with Crippen molar-refractivity contribution < 1.29 is 17.9 Å². The van der Waals surface area contributed by atoms with Crippen molar-refractivity contribution in [2.75, 3.05) is 11.6 Å². The molecule has 0 aliphatic carbocycles. The summed E-state index contributed by atoms with van der Waals surface area (Å²) < 4.78 is 28.4. The van der Waals surface area contributed by atoms with E-state index in [0.717, 1.165) is 11.8 Å². The van der Waals surface area contributed by atoms with E-state index >= 15 is 0 Å². The van der Waals surface area contributed by atoms with E-state index in [4.69, 9.17) is 16.3 Å². The minimum atomic E-state index is -3.53. The fourth-order valence-corrected chi connectivity index (χ4v) is 4.02. The van der Waals surface area contributed by atoms with Gasteiger partial charge in [0.15, 0.2) is 0 Å². The maximum Gasteiger partial charge on any atom is 0.268 e. The van der Waals surface area contributed by atoms with Gasteiger partial charge in [0.25, 0.3) is 5.91 Å². The molecule has 1 amide bonds. The molecule has 0 unspecified atom stereocenters. The third kappa shape index (κ3) is 6.11. The monoisotopic (exact) mass is 474 g/mol. The van der Waals surface area contributed by atoms with Crippen LogP contribution in [0.2, 0.25) is 5.02 Å². The molecule has 2 aromatic carbocycles. The third-order valence-corrected chi connectivity index (χ3v) is 6.73.